The largest absolute Gasteiger partial charge is 0.480 e. The molecule has 1 unspecified atom stereocenters. The van der Waals surface area contributed by atoms with Crippen LogP contribution in [0.2, 0.25) is 0 Å². The molecule has 2 aliphatic carbocycles. The van der Waals surface area contributed by atoms with Crippen LogP contribution in [0.25, 0.3) is 0 Å². The number of hydrogen-bond donors (Lipinski definition) is 15. The molecule has 1 saturated heterocycles. The zero-order chi connectivity index (χ0) is 54.8. The van der Waals surface area contributed by atoms with Gasteiger partial charge in [0.25, 0.3) is 0 Å². The number of aliphatic carboxylic acids is 1. The maximum absolute atomic E-state index is 15.2. The number of primary amides is 1. The van der Waals surface area contributed by atoms with Gasteiger partial charge in [-0.2, -0.15) is 0 Å². The molecule has 0 spiro atoms. The third-order valence-corrected chi connectivity index (χ3v) is 14.1. The minimum Gasteiger partial charge on any atom is -0.480 e. The van der Waals surface area contributed by atoms with Gasteiger partial charge in [0.1, 0.15) is 48.5 Å². The first kappa shape index (κ1) is 55.9. The van der Waals surface area contributed by atoms with Crippen molar-refractivity contribution in [2.45, 2.75) is 119 Å². The summed E-state index contributed by atoms with van der Waals surface area (Å²) in [5.74, 6) is -9.57. The van der Waals surface area contributed by atoms with Gasteiger partial charge < -0.3 is 86.2 Å². The van der Waals surface area contributed by atoms with Crippen LogP contribution >= 0.6 is 0 Å². The van der Waals surface area contributed by atoms with Gasteiger partial charge in [-0.05, 0) is 73.8 Å². The number of carbonyl (C=O) groups is 8. The van der Waals surface area contributed by atoms with E-state index in [9.17, 15) is 39.0 Å². The van der Waals surface area contributed by atoms with Crippen LogP contribution in [-0.4, -0.2) is 150 Å². The van der Waals surface area contributed by atoms with Gasteiger partial charge in [-0.1, -0.05) is 66.8 Å². The Morgan fingerprint density at radius 1 is 0.908 bits per heavy atom. The molecule has 0 radical (unpaired) electrons. The second-order valence-electron chi connectivity index (χ2n) is 19.6. The molecule has 7 amide bonds. The van der Waals surface area contributed by atoms with E-state index in [2.05, 4.69) is 47.5 Å². The summed E-state index contributed by atoms with van der Waals surface area (Å²) in [5, 5.41) is 44.0. The van der Waals surface area contributed by atoms with Gasteiger partial charge in [0.2, 0.25) is 41.4 Å². The first-order valence-electron chi connectivity index (χ1n) is 25.3. The standard InChI is InChI=1S/C51H68N14O11/c1-24(66)39-47(71)64-41(48(72)60-33(12-7-17-57-51(55)56)45(69)62-36(50(74)75)18-25-8-3-2-4-9-25)28(11-6-16-52)26-14-15-30-31(23-58-34(30)20-26)43-42(49(73)63-39)65-46(70)35(21-38(54)67)61-44(68)32(53)19-27-22-59-40-29(27)10-5-13-37(40)76-43/h2-5,8-10,13-15,20,22,24,26,28,32-33,35-37,39-43,58-59,66H,6-7,11-12,16-19,21,23,52-53H2,1H3,(H2,54,67)(H,60,72)(H,61,68)(H,62,69)(H,63,73)(H,64,71)(H,65,70)(H,74,75)(H4,55,56,57)/t24-,26-,28+,32+,33+,35+,36+,37-,39+,40?,41+,42+,43-/m1/s1. The third-order valence-electron chi connectivity index (χ3n) is 14.1. The van der Waals surface area contributed by atoms with Crippen molar-refractivity contribution in [3.63, 3.8) is 0 Å². The predicted octanol–water partition coefficient (Wildman–Crippen LogP) is -4.29. The maximum atomic E-state index is 15.2. The molecule has 20 N–H and O–H groups in total. The zero-order valence-corrected chi connectivity index (χ0v) is 41.9. The number of amides is 7. The first-order chi connectivity index (χ1) is 36.3. The number of nitrogens with one attached hydrogen (secondary N) is 8. The molecule has 7 aliphatic rings. The summed E-state index contributed by atoms with van der Waals surface area (Å²) in [5.41, 5.74) is 32.8. The Bertz CT molecular complexity index is 2640. The van der Waals surface area contributed by atoms with Gasteiger partial charge in [0.05, 0.1) is 24.6 Å². The van der Waals surface area contributed by atoms with Crippen molar-refractivity contribution in [1.29, 1.82) is 0 Å². The number of fused-ring (bicyclic) bond motifs is 6. The lowest BCUT2D eigenvalue weighted by atomic mass is 9.78. The average Bonchev–Trinajstić information content (AvgIpc) is 4.00. The van der Waals surface area contributed by atoms with Crippen LogP contribution in [0.15, 0.2) is 106 Å². The number of carboxylic acid groups (broad SMARTS) is 1. The van der Waals surface area contributed by atoms with Crippen molar-refractivity contribution in [3.05, 3.63) is 107 Å². The van der Waals surface area contributed by atoms with Crippen LogP contribution in [-0.2, 0) is 49.5 Å². The number of aliphatic imine (C=N–C) groups is 1. The van der Waals surface area contributed by atoms with Gasteiger partial charge in [-0.3, -0.25) is 38.6 Å². The number of aliphatic hydroxyl groups excluding tert-OH is 1. The normalized spacial score (nSPS) is 28.3. The van der Waals surface area contributed by atoms with Crippen LogP contribution in [0.5, 0.6) is 0 Å². The first-order valence-corrected chi connectivity index (χ1v) is 25.3. The van der Waals surface area contributed by atoms with Crippen molar-refractivity contribution in [2.75, 3.05) is 19.6 Å². The van der Waals surface area contributed by atoms with E-state index in [-0.39, 0.29) is 57.7 Å². The molecule has 8 rings (SSSR count). The van der Waals surface area contributed by atoms with Crippen LogP contribution in [0.1, 0.15) is 51.0 Å². The lowest BCUT2D eigenvalue weighted by Gasteiger charge is -2.37. The number of hydrogen-bond acceptors (Lipinski definition) is 15. The van der Waals surface area contributed by atoms with Crippen molar-refractivity contribution in [1.82, 2.24) is 42.5 Å². The fraction of sp³-hybridized carbons (Fsp3) is 0.471. The van der Waals surface area contributed by atoms with Gasteiger partial charge in [-0.15, -0.1) is 0 Å². The molecule has 0 saturated carbocycles. The van der Waals surface area contributed by atoms with E-state index >= 15 is 9.59 Å². The second kappa shape index (κ2) is 25.1. The molecule has 25 nitrogen and oxygen atoms in total. The number of nitrogens with two attached hydrogens (primary N) is 5. The third kappa shape index (κ3) is 13.5. The molecule has 1 aromatic carbocycles. The van der Waals surface area contributed by atoms with E-state index in [1.165, 1.54) is 6.92 Å². The molecule has 1 fully saturated rings. The van der Waals surface area contributed by atoms with Crippen molar-refractivity contribution < 1.29 is 53.3 Å². The quantitative estimate of drug-likeness (QED) is 0.0399. The number of allylic oxidation sites excluding steroid dienone is 5. The Morgan fingerprint density at radius 2 is 1.67 bits per heavy atom. The Morgan fingerprint density at radius 3 is 2.37 bits per heavy atom. The molecule has 5 aliphatic heterocycles. The summed E-state index contributed by atoms with van der Waals surface area (Å²) in [6.07, 6.45) is 8.63. The van der Waals surface area contributed by atoms with Crippen molar-refractivity contribution >= 4 is 53.3 Å². The van der Waals surface area contributed by atoms with Crippen LogP contribution in [0.4, 0.5) is 0 Å². The van der Waals surface area contributed by atoms with E-state index in [1.54, 1.807) is 54.8 Å². The molecule has 0 aromatic heterocycles. The number of ether oxygens (including phenoxy) is 1. The molecule has 408 valence electrons. The minimum absolute atomic E-state index is 0.0433. The fourth-order valence-corrected chi connectivity index (χ4v) is 10.2. The lowest BCUT2D eigenvalue weighted by molar-refractivity contribution is -0.142. The van der Waals surface area contributed by atoms with Crippen molar-refractivity contribution in [3.8, 4) is 0 Å². The fourth-order valence-electron chi connectivity index (χ4n) is 10.2. The highest BCUT2D eigenvalue weighted by Gasteiger charge is 2.46. The van der Waals surface area contributed by atoms with Crippen LogP contribution in [0.3, 0.4) is 0 Å². The summed E-state index contributed by atoms with van der Waals surface area (Å²) in [7, 11) is 0. The molecular formula is C51H68N14O11. The molecule has 5 heterocycles. The van der Waals surface area contributed by atoms with Crippen molar-refractivity contribution in [2.24, 2.45) is 45.5 Å². The smallest absolute Gasteiger partial charge is 0.326 e. The van der Waals surface area contributed by atoms with Gasteiger partial charge in [-0.25, -0.2) is 4.79 Å². The highest BCUT2D eigenvalue weighted by molar-refractivity contribution is 5.99. The SMILES string of the molecule is C[C@@H](O)[C@@H]1NC(=O)[C@H]2NC(=O)[C@H](CC(N)=O)NC(=O)[C@@H](N)CC3=CNC4C3=CC=C[C@H]4O[C@@H]2C2=C3C=C[C@H](C=C3NC2)[C@H](CCCN)[C@@H](C(=O)N[C@@H](CCCN=C(N)N)C(=O)N[C@@H](Cc2ccccc2)C(=O)O)NC1=O. The summed E-state index contributed by atoms with van der Waals surface area (Å²) in [4.78, 5) is 116. The molecule has 1 aromatic rings. The van der Waals surface area contributed by atoms with Gasteiger partial charge in [0, 0.05) is 42.9 Å². The molecular weight excluding hydrogens is 985 g/mol. The van der Waals surface area contributed by atoms with Gasteiger partial charge in [0.15, 0.2) is 5.96 Å². The number of nitrogens with zero attached hydrogens (tertiary/aromatic N) is 1. The van der Waals surface area contributed by atoms with E-state index in [0.29, 0.717) is 34.4 Å². The number of rotatable bonds is 17. The minimum atomic E-state index is -1.83. The lowest BCUT2D eigenvalue weighted by Crippen LogP contribution is -2.65. The number of carboxylic acids is 1. The molecule has 13 atom stereocenters. The Hall–Kier alpha value is -7.87. The van der Waals surface area contributed by atoms with E-state index in [0.717, 1.165) is 5.57 Å². The summed E-state index contributed by atoms with van der Waals surface area (Å²) in [6, 6.07) is -2.65. The maximum Gasteiger partial charge on any atom is 0.326 e. The zero-order valence-electron chi connectivity index (χ0n) is 41.9. The van der Waals surface area contributed by atoms with E-state index in [1.807, 2.05) is 18.2 Å². The van der Waals surface area contributed by atoms with Crippen LogP contribution in [0, 0.1) is 11.8 Å². The van der Waals surface area contributed by atoms with E-state index in [4.69, 9.17) is 33.4 Å². The Labute approximate surface area is 438 Å². The Balaban J connectivity index is 1.30. The molecule has 8 bridgehead atoms. The number of carbonyl (C=O) groups excluding carboxylic acids is 7. The topological polar surface area (TPSA) is 425 Å². The number of guanidine groups is 1. The summed E-state index contributed by atoms with van der Waals surface area (Å²) < 4.78 is 6.96. The average molecular weight is 1050 g/mol. The highest BCUT2D eigenvalue weighted by atomic mass is 16.5. The number of benzene rings is 1. The van der Waals surface area contributed by atoms with Gasteiger partial charge >= 0.3 is 5.97 Å². The second-order valence-corrected chi connectivity index (χ2v) is 19.6. The summed E-state index contributed by atoms with van der Waals surface area (Å²) in [6.45, 7) is 1.51. The summed E-state index contributed by atoms with van der Waals surface area (Å²) >= 11 is 0. The molecule has 76 heavy (non-hydrogen) atoms. The predicted molar refractivity (Wildman–Crippen MR) is 276 cm³/mol. The van der Waals surface area contributed by atoms with Crippen LogP contribution < -0.4 is 71.2 Å². The Kier molecular flexibility index (Phi) is 18.5. The molecule has 25 heteroatoms. The monoisotopic (exact) mass is 1050 g/mol. The number of aliphatic hydroxyl groups is 1. The highest BCUT2D eigenvalue weighted by Crippen LogP contribution is 2.38. The van der Waals surface area contributed by atoms with E-state index < -0.39 is 132 Å².